The van der Waals surface area contributed by atoms with E-state index < -0.39 is 0 Å². The van der Waals surface area contributed by atoms with Crippen LogP contribution in [0.25, 0.3) is 0 Å². The molecule has 0 spiro atoms. The van der Waals surface area contributed by atoms with E-state index in [1.54, 1.807) is 0 Å². The summed E-state index contributed by atoms with van der Waals surface area (Å²) >= 11 is 0. The van der Waals surface area contributed by atoms with E-state index in [1.165, 1.54) is 0 Å². The van der Waals surface area contributed by atoms with Crippen LogP contribution in [0.3, 0.4) is 0 Å². The largest absolute Gasteiger partial charge is 0.366 e. The van der Waals surface area contributed by atoms with Crippen LogP contribution in [0.1, 0.15) is 25.8 Å². The van der Waals surface area contributed by atoms with Gasteiger partial charge in [-0.15, -0.1) is 0 Å². The Morgan fingerprint density at radius 2 is 2.12 bits per heavy atom. The van der Waals surface area contributed by atoms with Gasteiger partial charge in [0.05, 0.1) is 11.3 Å². The first-order valence-electron chi connectivity index (χ1n) is 6.21. The first-order chi connectivity index (χ1) is 8.22. The standard InChI is InChI=1S/C14H19N3/c1-11-7-8-17(12(2)10-16-11)14-6-4-3-5-13(14)9-15/h3-6,11-12,16H,7-8,10H2,1-2H3. The average Bonchev–Trinajstić information content (AvgIpc) is 2.52. The minimum absolute atomic E-state index is 0.425. The average molecular weight is 229 g/mol. The maximum atomic E-state index is 9.17. The summed E-state index contributed by atoms with van der Waals surface area (Å²) < 4.78 is 0. The first-order valence-corrected chi connectivity index (χ1v) is 6.21. The lowest BCUT2D eigenvalue weighted by Gasteiger charge is -2.29. The third-order valence-corrected chi connectivity index (χ3v) is 3.43. The fourth-order valence-corrected chi connectivity index (χ4v) is 2.31. The number of para-hydroxylation sites is 1. The fraction of sp³-hybridized carbons (Fsp3) is 0.500. The van der Waals surface area contributed by atoms with Gasteiger partial charge in [0.1, 0.15) is 6.07 Å². The first kappa shape index (κ1) is 11.9. The highest BCUT2D eigenvalue weighted by Gasteiger charge is 2.21. The van der Waals surface area contributed by atoms with Crippen molar-refractivity contribution in [1.29, 1.82) is 5.26 Å². The maximum absolute atomic E-state index is 9.17. The van der Waals surface area contributed by atoms with Crippen LogP contribution in [0.5, 0.6) is 0 Å². The molecule has 1 saturated heterocycles. The van der Waals surface area contributed by atoms with Crippen molar-refractivity contribution >= 4 is 5.69 Å². The molecule has 1 fully saturated rings. The van der Waals surface area contributed by atoms with Crippen molar-refractivity contribution in [2.45, 2.75) is 32.4 Å². The SMILES string of the molecule is CC1CCN(c2ccccc2C#N)C(C)CN1. The molecule has 3 nitrogen and oxygen atoms in total. The minimum Gasteiger partial charge on any atom is -0.366 e. The molecule has 1 aromatic carbocycles. The summed E-state index contributed by atoms with van der Waals surface area (Å²) in [5, 5.41) is 12.7. The lowest BCUT2D eigenvalue weighted by Crippen LogP contribution is -2.38. The second-order valence-corrected chi connectivity index (χ2v) is 4.77. The highest BCUT2D eigenvalue weighted by Crippen LogP contribution is 2.23. The summed E-state index contributed by atoms with van der Waals surface area (Å²) in [6, 6.07) is 11.1. The molecule has 0 bridgehead atoms. The number of anilines is 1. The van der Waals surface area contributed by atoms with Gasteiger partial charge in [-0.2, -0.15) is 5.26 Å². The predicted octanol–water partition coefficient (Wildman–Crippen LogP) is 2.13. The number of hydrogen-bond acceptors (Lipinski definition) is 3. The Labute approximate surface area is 103 Å². The summed E-state index contributed by atoms with van der Waals surface area (Å²) in [6.45, 7) is 6.40. The second kappa shape index (κ2) is 5.20. The van der Waals surface area contributed by atoms with Crippen LogP contribution in [0.2, 0.25) is 0 Å². The second-order valence-electron chi connectivity index (χ2n) is 4.77. The Hall–Kier alpha value is -1.53. The van der Waals surface area contributed by atoms with Gasteiger partial charge >= 0.3 is 0 Å². The summed E-state index contributed by atoms with van der Waals surface area (Å²) in [4.78, 5) is 2.34. The van der Waals surface area contributed by atoms with E-state index in [-0.39, 0.29) is 0 Å². The van der Waals surface area contributed by atoms with Crippen molar-refractivity contribution in [3.05, 3.63) is 29.8 Å². The molecule has 0 amide bonds. The number of nitrogens with one attached hydrogen (secondary N) is 1. The third kappa shape index (κ3) is 2.59. The Morgan fingerprint density at radius 1 is 1.35 bits per heavy atom. The molecular weight excluding hydrogens is 210 g/mol. The fourth-order valence-electron chi connectivity index (χ4n) is 2.31. The molecule has 17 heavy (non-hydrogen) atoms. The van der Waals surface area contributed by atoms with Gasteiger partial charge in [0, 0.05) is 25.2 Å². The molecule has 0 radical (unpaired) electrons. The van der Waals surface area contributed by atoms with Crippen LogP contribution in [-0.2, 0) is 0 Å². The van der Waals surface area contributed by atoms with Crippen molar-refractivity contribution in [1.82, 2.24) is 5.32 Å². The lowest BCUT2D eigenvalue weighted by molar-refractivity contribution is 0.548. The molecule has 1 aromatic rings. The van der Waals surface area contributed by atoms with Gasteiger partial charge in [-0.05, 0) is 32.4 Å². The van der Waals surface area contributed by atoms with Crippen LogP contribution in [0.15, 0.2) is 24.3 Å². The number of nitrogens with zero attached hydrogens (tertiary/aromatic N) is 2. The van der Waals surface area contributed by atoms with Crippen LogP contribution < -0.4 is 10.2 Å². The van der Waals surface area contributed by atoms with Crippen molar-refractivity contribution in [3.8, 4) is 6.07 Å². The molecule has 0 aliphatic carbocycles. The van der Waals surface area contributed by atoms with E-state index >= 15 is 0 Å². The Morgan fingerprint density at radius 3 is 2.88 bits per heavy atom. The molecule has 2 rings (SSSR count). The predicted molar refractivity (Wildman–Crippen MR) is 70.0 cm³/mol. The molecule has 1 aliphatic heterocycles. The lowest BCUT2D eigenvalue weighted by atomic mass is 10.1. The molecule has 0 aromatic heterocycles. The molecule has 1 heterocycles. The van der Waals surface area contributed by atoms with Gasteiger partial charge < -0.3 is 10.2 Å². The number of nitriles is 1. The molecule has 2 unspecified atom stereocenters. The molecule has 0 saturated carbocycles. The van der Waals surface area contributed by atoms with E-state index in [9.17, 15) is 0 Å². The van der Waals surface area contributed by atoms with Gasteiger partial charge in [0.25, 0.3) is 0 Å². The monoisotopic (exact) mass is 229 g/mol. The highest BCUT2D eigenvalue weighted by atomic mass is 15.2. The van der Waals surface area contributed by atoms with Crippen molar-refractivity contribution in [2.75, 3.05) is 18.0 Å². The van der Waals surface area contributed by atoms with E-state index in [4.69, 9.17) is 5.26 Å². The Balaban J connectivity index is 2.28. The third-order valence-electron chi connectivity index (χ3n) is 3.43. The van der Waals surface area contributed by atoms with E-state index in [2.05, 4.69) is 30.1 Å². The summed E-state index contributed by atoms with van der Waals surface area (Å²) in [6.07, 6.45) is 1.12. The van der Waals surface area contributed by atoms with Crippen molar-refractivity contribution in [3.63, 3.8) is 0 Å². The van der Waals surface area contributed by atoms with Crippen LogP contribution in [0.4, 0.5) is 5.69 Å². The molecular formula is C14H19N3. The van der Waals surface area contributed by atoms with E-state index in [0.29, 0.717) is 12.1 Å². The van der Waals surface area contributed by atoms with Crippen LogP contribution >= 0.6 is 0 Å². The topological polar surface area (TPSA) is 39.1 Å². The quantitative estimate of drug-likeness (QED) is 0.802. The molecule has 1 aliphatic rings. The zero-order chi connectivity index (χ0) is 12.3. The van der Waals surface area contributed by atoms with E-state index in [1.807, 2.05) is 24.3 Å². The van der Waals surface area contributed by atoms with E-state index in [0.717, 1.165) is 30.8 Å². The summed E-state index contributed by atoms with van der Waals surface area (Å²) in [7, 11) is 0. The van der Waals surface area contributed by atoms with Crippen molar-refractivity contribution in [2.24, 2.45) is 0 Å². The Kier molecular flexibility index (Phi) is 3.65. The number of rotatable bonds is 1. The normalized spacial score (nSPS) is 25.1. The van der Waals surface area contributed by atoms with Crippen LogP contribution in [-0.4, -0.2) is 25.2 Å². The molecule has 90 valence electrons. The highest BCUT2D eigenvalue weighted by molar-refractivity contribution is 5.59. The molecule has 1 N–H and O–H groups in total. The number of benzene rings is 1. The van der Waals surface area contributed by atoms with Gasteiger partial charge in [0.15, 0.2) is 0 Å². The zero-order valence-corrected chi connectivity index (χ0v) is 10.5. The van der Waals surface area contributed by atoms with Gasteiger partial charge in [-0.25, -0.2) is 0 Å². The minimum atomic E-state index is 0.425. The van der Waals surface area contributed by atoms with Gasteiger partial charge in [-0.3, -0.25) is 0 Å². The number of hydrogen-bond donors (Lipinski definition) is 1. The Bertz CT molecular complexity index is 422. The molecule has 2 atom stereocenters. The smallest absolute Gasteiger partial charge is 0.101 e. The summed E-state index contributed by atoms with van der Waals surface area (Å²) in [5.74, 6) is 0. The van der Waals surface area contributed by atoms with Gasteiger partial charge in [-0.1, -0.05) is 12.1 Å². The molecule has 3 heteroatoms. The van der Waals surface area contributed by atoms with Crippen LogP contribution in [0, 0.1) is 11.3 Å². The summed E-state index contributed by atoms with van der Waals surface area (Å²) in [5.41, 5.74) is 1.84. The van der Waals surface area contributed by atoms with Gasteiger partial charge in [0.2, 0.25) is 0 Å². The zero-order valence-electron chi connectivity index (χ0n) is 10.5. The maximum Gasteiger partial charge on any atom is 0.101 e. The van der Waals surface area contributed by atoms with Crippen molar-refractivity contribution < 1.29 is 0 Å².